The summed E-state index contributed by atoms with van der Waals surface area (Å²) in [5.41, 5.74) is 8.72. The first-order chi connectivity index (χ1) is 10.2. The average Bonchev–Trinajstić information content (AvgIpc) is 2.84. The summed E-state index contributed by atoms with van der Waals surface area (Å²) in [6.45, 7) is 0.508. The van der Waals surface area contributed by atoms with Crippen molar-refractivity contribution in [2.45, 2.75) is 6.54 Å². The Hall–Kier alpha value is -3.14. The summed E-state index contributed by atoms with van der Waals surface area (Å²) in [7, 11) is 1.53. The molecule has 2 heterocycles. The molecule has 3 rings (SSSR count). The molecule has 2 N–H and O–H groups in total. The van der Waals surface area contributed by atoms with Gasteiger partial charge in [0.15, 0.2) is 11.2 Å². The molecule has 0 amide bonds. The van der Waals surface area contributed by atoms with Crippen molar-refractivity contribution < 1.29 is 4.74 Å². The molecule has 0 fully saturated rings. The predicted octanol–water partition coefficient (Wildman–Crippen LogP) is 1.34. The van der Waals surface area contributed by atoms with E-state index in [2.05, 4.69) is 21.0 Å². The highest BCUT2D eigenvalue weighted by atomic mass is 16.5. The van der Waals surface area contributed by atoms with E-state index in [1.807, 2.05) is 12.1 Å². The second kappa shape index (κ2) is 5.09. The highest BCUT2D eigenvalue weighted by Gasteiger charge is 2.14. The first-order valence-electron chi connectivity index (χ1n) is 6.22. The standard InChI is InChI=1S/C14H12N6O/c1-21-13-11-12(17-8-18-13)20(14(16)19-11)7-10-4-2-9(6-15)3-5-10/h2-5,8H,7H2,1H3,(H2,16,19). The number of nitrogen functional groups attached to an aromatic ring is 1. The average molecular weight is 280 g/mol. The zero-order valence-electron chi connectivity index (χ0n) is 11.3. The maximum absolute atomic E-state index is 8.81. The van der Waals surface area contributed by atoms with Gasteiger partial charge in [0.05, 0.1) is 25.3 Å². The normalized spacial score (nSPS) is 10.5. The van der Waals surface area contributed by atoms with Crippen LogP contribution in [0.3, 0.4) is 0 Å². The fraction of sp³-hybridized carbons (Fsp3) is 0.143. The summed E-state index contributed by atoms with van der Waals surface area (Å²) in [5, 5.41) is 8.81. The second-order valence-corrected chi connectivity index (χ2v) is 4.42. The Kier molecular flexibility index (Phi) is 3.12. The van der Waals surface area contributed by atoms with Crippen molar-refractivity contribution in [3.05, 3.63) is 41.7 Å². The van der Waals surface area contributed by atoms with Gasteiger partial charge in [-0.05, 0) is 17.7 Å². The number of imidazole rings is 1. The molecule has 0 aliphatic rings. The van der Waals surface area contributed by atoms with E-state index in [0.717, 1.165) is 5.56 Å². The number of rotatable bonds is 3. The molecule has 2 aromatic heterocycles. The quantitative estimate of drug-likeness (QED) is 0.776. The van der Waals surface area contributed by atoms with Gasteiger partial charge in [0.1, 0.15) is 6.33 Å². The monoisotopic (exact) mass is 280 g/mol. The fourth-order valence-electron chi connectivity index (χ4n) is 2.11. The molecule has 0 saturated heterocycles. The van der Waals surface area contributed by atoms with Crippen LogP contribution >= 0.6 is 0 Å². The van der Waals surface area contributed by atoms with Crippen LogP contribution in [-0.4, -0.2) is 26.6 Å². The maximum Gasteiger partial charge on any atom is 0.245 e. The zero-order chi connectivity index (χ0) is 14.8. The predicted molar refractivity (Wildman–Crippen MR) is 76.5 cm³/mol. The zero-order valence-corrected chi connectivity index (χ0v) is 11.3. The Morgan fingerprint density at radius 1 is 1.29 bits per heavy atom. The number of hydrogen-bond acceptors (Lipinski definition) is 6. The first-order valence-corrected chi connectivity index (χ1v) is 6.22. The minimum Gasteiger partial charge on any atom is -0.479 e. The largest absolute Gasteiger partial charge is 0.479 e. The molecule has 1 aromatic carbocycles. The van der Waals surface area contributed by atoms with E-state index < -0.39 is 0 Å². The first kappa shape index (κ1) is 12.9. The van der Waals surface area contributed by atoms with Gasteiger partial charge in [0, 0.05) is 0 Å². The number of ether oxygens (including phenoxy) is 1. The SMILES string of the molecule is COc1ncnc2c1nc(N)n2Cc1ccc(C#N)cc1. The van der Waals surface area contributed by atoms with E-state index in [1.165, 1.54) is 13.4 Å². The number of fused-ring (bicyclic) bond motifs is 1. The summed E-state index contributed by atoms with van der Waals surface area (Å²) in [4.78, 5) is 12.5. The minimum absolute atomic E-state index is 0.341. The summed E-state index contributed by atoms with van der Waals surface area (Å²) >= 11 is 0. The van der Waals surface area contributed by atoms with Crippen LogP contribution in [-0.2, 0) is 6.54 Å². The fourth-order valence-corrected chi connectivity index (χ4v) is 2.11. The molecule has 0 spiro atoms. The van der Waals surface area contributed by atoms with Gasteiger partial charge < -0.3 is 10.5 Å². The summed E-state index contributed by atoms with van der Waals surface area (Å²) in [6.07, 6.45) is 1.41. The van der Waals surface area contributed by atoms with Gasteiger partial charge in [-0.15, -0.1) is 0 Å². The van der Waals surface area contributed by atoms with Crippen LogP contribution in [0.4, 0.5) is 5.95 Å². The van der Waals surface area contributed by atoms with Crippen molar-refractivity contribution in [2.75, 3.05) is 12.8 Å². The number of anilines is 1. The minimum atomic E-state index is 0.341. The third-order valence-electron chi connectivity index (χ3n) is 3.15. The van der Waals surface area contributed by atoms with Crippen molar-refractivity contribution in [3.8, 4) is 11.9 Å². The molecule has 104 valence electrons. The molecule has 0 aliphatic carbocycles. The Balaban J connectivity index is 2.04. The van der Waals surface area contributed by atoms with Crippen molar-refractivity contribution >= 4 is 17.1 Å². The lowest BCUT2D eigenvalue weighted by molar-refractivity contribution is 0.401. The van der Waals surface area contributed by atoms with E-state index in [0.29, 0.717) is 35.1 Å². The Morgan fingerprint density at radius 3 is 2.71 bits per heavy atom. The number of methoxy groups -OCH3 is 1. The molecule has 0 saturated carbocycles. The molecule has 0 bridgehead atoms. The van der Waals surface area contributed by atoms with E-state index in [1.54, 1.807) is 16.7 Å². The van der Waals surface area contributed by atoms with E-state index in [-0.39, 0.29) is 0 Å². The maximum atomic E-state index is 8.81. The van der Waals surface area contributed by atoms with Gasteiger partial charge in [-0.2, -0.15) is 10.2 Å². The highest BCUT2D eigenvalue weighted by molar-refractivity contribution is 5.79. The lowest BCUT2D eigenvalue weighted by Crippen LogP contribution is -2.05. The van der Waals surface area contributed by atoms with Crippen molar-refractivity contribution in [3.63, 3.8) is 0 Å². The van der Waals surface area contributed by atoms with Crippen molar-refractivity contribution in [1.82, 2.24) is 19.5 Å². The van der Waals surface area contributed by atoms with Crippen LogP contribution in [0, 0.1) is 11.3 Å². The van der Waals surface area contributed by atoms with Crippen molar-refractivity contribution in [1.29, 1.82) is 5.26 Å². The Bertz CT molecular complexity index is 831. The molecule has 0 unspecified atom stereocenters. The van der Waals surface area contributed by atoms with Crippen LogP contribution < -0.4 is 10.5 Å². The summed E-state index contributed by atoms with van der Waals surface area (Å²) in [6, 6.07) is 9.37. The Labute approximate surface area is 120 Å². The molecular weight excluding hydrogens is 268 g/mol. The van der Waals surface area contributed by atoms with Crippen LogP contribution in [0.15, 0.2) is 30.6 Å². The van der Waals surface area contributed by atoms with E-state index in [9.17, 15) is 0 Å². The molecule has 7 heteroatoms. The third-order valence-corrected chi connectivity index (χ3v) is 3.15. The Morgan fingerprint density at radius 2 is 2.05 bits per heavy atom. The molecule has 0 radical (unpaired) electrons. The lowest BCUT2D eigenvalue weighted by atomic mass is 10.1. The van der Waals surface area contributed by atoms with E-state index in [4.69, 9.17) is 15.7 Å². The lowest BCUT2D eigenvalue weighted by Gasteiger charge is -2.06. The smallest absolute Gasteiger partial charge is 0.245 e. The highest BCUT2D eigenvalue weighted by Crippen LogP contribution is 2.23. The van der Waals surface area contributed by atoms with Gasteiger partial charge in [-0.25, -0.2) is 9.97 Å². The van der Waals surface area contributed by atoms with Crippen LogP contribution in [0.5, 0.6) is 5.88 Å². The van der Waals surface area contributed by atoms with Gasteiger partial charge in [-0.3, -0.25) is 4.57 Å². The number of nitrogens with zero attached hydrogens (tertiary/aromatic N) is 5. The van der Waals surface area contributed by atoms with Crippen LogP contribution in [0.2, 0.25) is 0 Å². The topological polar surface area (TPSA) is 103 Å². The van der Waals surface area contributed by atoms with Gasteiger partial charge in [0.25, 0.3) is 0 Å². The second-order valence-electron chi connectivity index (χ2n) is 4.42. The number of nitriles is 1. The number of aromatic nitrogens is 4. The molecule has 3 aromatic rings. The van der Waals surface area contributed by atoms with Gasteiger partial charge >= 0.3 is 0 Å². The summed E-state index contributed by atoms with van der Waals surface area (Å²) < 4.78 is 6.94. The number of nitrogens with two attached hydrogens (primary N) is 1. The number of hydrogen-bond donors (Lipinski definition) is 1. The molecular formula is C14H12N6O. The molecule has 7 nitrogen and oxygen atoms in total. The van der Waals surface area contributed by atoms with Crippen LogP contribution in [0.25, 0.3) is 11.2 Å². The number of benzene rings is 1. The molecule has 0 aliphatic heterocycles. The molecule has 21 heavy (non-hydrogen) atoms. The summed E-state index contributed by atoms with van der Waals surface area (Å²) in [5.74, 6) is 0.735. The van der Waals surface area contributed by atoms with E-state index >= 15 is 0 Å². The molecule has 0 atom stereocenters. The van der Waals surface area contributed by atoms with Gasteiger partial charge in [0.2, 0.25) is 11.8 Å². The van der Waals surface area contributed by atoms with Crippen molar-refractivity contribution in [2.24, 2.45) is 0 Å². The third kappa shape index (κ3) is 2.23. The van der Waals surface area contributed by atoms with Crippen LogP contribution in [0.1, 0.15) is 11.1 Å². The van der Waals surface area contributed by atoms with Gasteiger partial charge in [-0.1, -0.05) is 12.1 Å².